The van der Waals surface area contributed by atoms with Crippen LogP contribution in [0.3, 0.4) is 0 Å². The Kier molecular flexibility index (Phi) is 3.49. The van der Waals surface area contributed by atoms with Crippen LogP contribution in [0.2, 0.25) is 5.15 Å². The molecule has 0 unspecified atom stereocenters. The molecule has 0 aliphatic heterocycles. The molecule has 0 saturated heterocycles. The first kappa shape index (κ1) is 12.2. The summed E-state index contributed by atoms with van der Waals surface area (Å²) in [5.74, 6) is 0. The number of rotatable bonds is 3. The Labute approximate surface area is 120 Å². The highest BCUT2D eigenvalue weighted by Crippen LogP contribution is 2.25. The predicted molar refractivity (Wildman–Crippen MR) is 82.3 cm³/mol. The molecule has 0 saturated carbocycles. The molecule has 19 heavy (non-hydrogen) atoms. The van der Waals surface area contributed by atoms with Gasteiger partial charge in [-0.2, -0.15) is 0 Å². The SMILES string of the molecule is Clc1csc(Nc2ccc(-c3ccccc3)cc2)n1. The Morgan fingerprint density at radius 3 is 2.21 bits per heavy atom. The molecule has 0 aliphatic carbocycles. The lowest BCUT2D eigenvalue weighted by atomic mass is 10.1. The van der Waals surface area contributed by atoms with E-state index in [-0.39, 0.29) is 0 Å². The molecule has 1 aromatic heterocycles. The molecule has 0 atom stereocenters. The molecule has 3 rings (SSSR count). The zero-order valence-corrected chi connectivity index (χ0v) is 11.6. The fraction of sp³-hybridized carbons (Fsp3) is 0. The highest BCUT2D eigenvalue weighted by Gasteiger charge is 2.01. The molecule has 94 valence electrons. The van der Waals surface area contributed by atoms with Gasteiger partial charge < -0.3 is 5.32 Å². The molecular weight excluding hydrogens is 276 g/mol. The largest absolute Gasteiger partial charge is 0.332 e. The third-order valence-electron chi connectivity index (χ3n) is 2.72. The number of hydrogen-bond donors (Lipinski definition) is 1. The van der Waals surface area contributed by atoms with Crippen molar-refractivity contribution in [1.82, 2.24) is 4.98 Å². The summed E-state index contributed by atoms with van der Waals surface area (Å²) in [7, 11) is 0. The van der Waals surface area contributed by atoms with Crippen LogP contribution < -0.4 is 5.32 Å². The Balaban J connectivity index is 1.79. The molecule has 2 aromatic carbocycles. The molecule has 0 spiro atoms. The van der Waals surface area contributed by atoms with Gasteiger partial charge in [0.05, 0.1) is 0 Å². The second kappa shape index (κ2) is 5.43. The van der Waals surface area contributed by atoms with Gasteiger partial charge >= 0.3 is 0 Å². The number of nitrogens with zero attached hydrogens (tertiary/aromatic N) is 1. The average Bonchev–Trinajstić information content (AvgIpc) is 2.86. The fourth-order valence-electron chi connectivity index (χ4n) is 1.81. The van der Waals surface area contributed by atoms with Crippen LogP contribution in [-0.2, 0) is 0 Å². The summed E-state index contributed by atoms with van der Waals surface area (Å²) in [6.07, 6.45) is 0. The van der Waals surface area contributed by atoms with Crippen LogP contribution in [0.1, 0.15) is 0 Å². The monoisotopic (exact) mass is 286 g/mol. The van der Waals surface area contributed by atoms with Crippen LogP contribution >= 0.6 is 22.9 Å². The van der Waals surface area contributed by atoms with Crippen molar-refractivity contribution in [3.8, 4) is 11.1 Å². The first-order chi connectivity index (χ1) is 9.31. The van der Waals surface area contributed by atoms with Gasteiger partial charge in [-0.05, 0) is 23.3 Å². The van der Waals surface area contributed by atoms with Crippen molar-refractivity contribution >= 4 is 33.8 Å². The number of thiazole rings is 1. The van der Waals surface area contributed by atoms with Crippen LogP contribution in [0.4, 0.5) is 10.8 Å². The molecule has 0 fully saturated rings. The summed E-state index contributed by atoms with van der Waals surface area (Å²) < 4.78 is 0. The lowest BCUT2D eigenvalue weighted by Gasteiger charge is -2.05. The number of aromatic nitrogens is 1. The van der Waals surface area contributed by atoms with Gasteiger partial charge in [-0.1, -0.05) is 54.1 Å². The number of benzene rings is 2. The van der Waals surface area contributed by atoms with Crippen molar-refractivity contribution in [2.75, 3.05) is 5.32 Å². The van der Waals surface area contributed by atoms with E-state index in [1.165, 1.54) is 22.5 Å². The highest BCUT2D eigenvalue weighted by molar-refractivity contribution is 7.14. The molecule has 2 nitrogen and oxygen atoms in total. The number of nitrogens with one attached hydrogen (secondary N) is 1. The third kappa shape index (κ3) is 2.95. The average molecular weight is 287 g/mol. The zero-order chi connectivity index (χ0) is 13.1. The van der Waals surface area contributed by atoms with Gasteiger partial charge in [0.1, 0.15) is 5.15 Å². The summed E-state index contributed by atoms with van der Waals surface area (Å²) >= 11 is 7.28. The van der Waals surface area contributed by atoms with E-state index in [4.69, 9.17) is 11.6 Å². The Hall–Kier alpha value is -1.84. The quantitative estimate of drug-likeness (QED) is 0.715. The van der Waals surface area contributed by atoms with Crippen molar-refractivity contribution in [3.05, 3.63) is 65.1 Å². The number of halogens is 1. The van der Waals surface area contributed by atoms with E-state index in [0.29, 0.717) is 5.15 Å². The first-order valence-electron chi connectivity index (χ1n) is 5.85. The molecule has 4 heteroatoms. The Morgan fingerprint density at radius 1 is 0.895 bits per heavy atom. The summed E-state index contributed by atoms with van der Waals surface area (Å²) in [4.78, 5) is 4.16. The minimum atomic E-state index is 0.522. The third-order valence-corrected chi connectivity index (χ3v) is 3.80. The molecule has 1 heterocycles. The zero-order valence-electron chi connectivity index (χ0n) is 10.0. The van der Waals surface area contributed by atoms with Gasteiger partial charge in [0.2, 0.25) is 0 Å². The van der Waals surface area contributed by atoms with Gasteiger partial charge in [0.15, 0.2) is 5.13 Å². The van der Waals surface area contributed by atoms with E-state index in [9.17, 15) is 0 Å². The smallest absolute Gasteiger partial charge is 0.188 e. The van der Waals surface area contributed by atoms with E-state index in [1.54, 1.807) is 0 Å². The second-order valence-electron chi connectivity index (χ2n) is 4.04. The topological polar surface area (TPSA) is 24.9 Å². The maximum atomic E-state index is 5.79. The summed E-state index contributed by atoms with van der Waals surface area (Å²) in [6.45, 7) is 0. The van der Waals surface area contributed by atoms with Gasteiger partial charge in [0.25, 0.3) is 0 Å². The van der Waals surface area contributed by atoms with E-state index in [0.717, 1.165) is 10.8 Å². The molecule has 0 aliphatic rings. The van der Waals surface area contributed by atoms with Crippen molar-refractivity contribution in [1.29, 1.82) is 0 Å². The predicted octanol–water partition coefficient (Wildman–Crippen LogP) is 5.21. The first-order valence-corrected chi connectivity index (χ1v) is 7.10. The lowest BCUT2D eigenvalue weighted by molar-refractivity contribution is 1.39. The maximum absolute atomic E-state index is 5.79. The molecule has 0 bridgehead atoms. The molecule has 0 radical (unpaired) electrons. The van der Waals surface area contributed by atoms with Gasteiger partial charge in [-0.25, -0.2) is 4.98 Å². The van der Waals surface area contributed by atoms with Crippen LogP contribution in [0.5, 0.6) is 0 Å². The maximum Gasteiger partial charge on any atom is 0.188 e. The minimum Gasteiger partial charge on any atom is -0.332 e. The lowest BCUT2D eigenvalue weighted by Crippen LogP contribution is -1.88. The standard InChI is InChI=1S/C15H11ClN2S/c16-14-10-19-15(18-14)17-13-8-6-12(7-9-13)11-4-2-1-3-5-11/h1-10H,(H,17,18). The van der Waals surface area contributed by atoms with E-state index in [1.807, 2.05) is 35.7 Å². The summed E-state index contributed by atoms with van der Waals surface area (Å²) in [6, 6.07) is 18.6. The van der Waals surface area contributed by atoms with Gasteiger partial charge in [-0.3, -0.25) is 0 Å². The van der Waals surface area contributed by atoms with Crippen molar-refractivity contribution in [3.63, 3.8) is 0 Å². The second-order valence-corrected chi connectivity index (χ2v) is 5.29. The minimum absolute atomic E-state index is 0.522. The van der Waals surface area contributed by atoms with Gasteiger partial charge in [-0.15, -0.1) is 11.3 Å². The van der Waals surface area contributed by atoms with Gasteiger partial charge in [0, 0.05) is 11.1 Å². The van der Waals surface area contributed by atoms with Crippen molar-refractivity contribution in [2.24, 2.45) is 0 Å². The molecular formula is C15H11ClN2S. The molecule has 3 aromatic rings. The van der Waals surface area contributed by atoms with E-state index >= 15 is 0 Å². The van der Waals surface area contributed by atoms with E-state index in [2.05, 4.69) is 34.6 Å². The van der Waals surface area contributed by atoms with Crippen molar-refractivity contribution in [2.45, 2.75) is 0 Å². The summed E-state index contributed by atoms with van der Waals surface area (Å²) in [5, 5.41) is 6.36. The Morgan fingerprint density at radius 2 is 1.58 bits per heavy atom. The van der Waals surface area contributed by atoms with Crippen LogP contribution in [0.15, 0.2) is 60.0 Å². The van der Waals surface area contributed by atoms with E-state index < -0.39 is 0 Å². The molecule has 0 amide bonds. The highest BCUT2D eigenvalue weighted by atomic mass is 35.5. The summed E-state index contributed by atoms with van der Waals surface area (Å²) in [5.41, 5.74) is 3.42. The van der Waals surface area contributed by atoms with Crippen LogP contribution in [0, 0.1) is 0 Å². The normalized spacial score (nSPS) is 10.4. The molecule has 1 N–H and O–H groups in total. The number of hydrogen-bond acceptors (Lipinski definition) is 3. The number of anilines is 2. The van der Waals surface area contributed by atoms with Crippen LogP contribution in [-0.4, -0.2) is 4.98 Å². The fourth-order valence-corrected chi connectivity index (χ4v) is 2.67. The Bertz CT molecular complexity index is 662. The van der Waals surface area contributed by atoms with Crippen LogP contribution in [0.25, 0.3) is 11.1 Å². The van der Waals surface area contributed by atoms with Crippen molar-refractivity contribution < 1.29 is 0 Å².